The minimum Gasteiger partial charge on any atom is -0.352 e. The van der Waals surface area contributed by atoms with Gasteiger partial charge in [-0.15, -0.1) is 0 Å². The third kappa shape index (κ3) is 2.72. The second kappa shape index (κ2) is 4.52. The van der Waals surface area contributed by atoms with E-state index in [0.29, 0.717) is 5.92 Å². The summed E-state index contributed by atoms with van der Waals surface area (Å²) in [4.78, 5) is 11.9. The average Bonchev–Trinajstić information content (AvgIpc) is 3.08. The zero-order chi connectivity index (χ0) is 11.5. The zero-order valence-electron chi connectivity index (χ0n) is 9.62. The SMILES string of the molecule is C=Cc1cc(C)cc(C(=O)NCC2CC2)c1. The molecule has 1 N–H and O–H groups in total. The minimum absolute atomic E-state index is 0.0266. The van der Waals surface area contributed by atoms with Gasteiger partial charge in [0, 0.05) is 12.1 Å². The number of benzene rings is 1. The molecule has 1 saturated carbocycles. The third-order valence-electron chi connectivity index (χ3n) is 2.85. The van der Waals surface area contributed by atoms with Crippen molar-refractivity contribution < 1.29 is 4.79 Å². The van der Waals surface area contributed by atoms with Gasteiger partial charge < -0.3 is 5.32 Å². The highest BCUT2D eigenvalue weighted by Crippen LogP contribution is 2.27. The van der Waals surface area contributed by atoms with Crippen LogP contribution in [0.15, 0.2) is 24.8 Å². The van der Waals surface area contributed by atoms with Gasteiger partial charge in [-0.25, -0.2) is 0 Å². The molecule has 0 spiro atoms. The Morgan fingerprint density at radius 1 is 1.50 bits per heavy atom. The quantitative estimate of drug-likeness (QED) is 0.822. The maximum atomic E-state index is 11.9. The van der Waals surface area contributed by atoms with E-state index in [1.807, 2.05) is 25.1 Å². The molecular formula is C14H17NO. The predicted molar refractivity (Wildman–Crippen MR) is 66.3 cm³/mol. The molecule has 0 bridgehead atoms. The van der Waals surface area contributed by atoms with Crippen LogP contribution in [0.25, 0.3) is 6.08 Å². The molecule has 0 unspecified atom stereocenters. The van der Waals surface area contributed by atoms with Crippen LogP contribution in [0.3, 0.4) is 0 Å². The summed E-state index contributed by atoms with van der Waals surface area (Å²) >= 11 is 0. The first-order valence-corrected chi connectivity index (χ1v) is 5.71. The second-order valence-corrected chi connectivity index (χ2v) is 4.49. The Labute approximate surface area is 96.4 Å². The summed E-state index contributed by atoms with van der Waals surface area (Å²) in [5.41, 5.74) is 2.82. The number of hydrogen-bond donors (Lipinski definition) is 1. The van der Waals surface area contributed by atoms with Gasteiger partial charge in [0.2, 0.25) is 0 Å². The highest BCUT2D eigenvalue weighted by atomic mass is 16.1. The number of carbonyl (C=O) groups is 1. The van der Waals surface area contributed by atoms with Crippen LogP contribution in [0.1, 0.15) is 34.3 Å². The highest BCUT2D eigenvalue weighted by molar-refractivity contribution is 5.95. The number of amides is 1. The third-order valence-corrected chi connectivity index (χ3v) is 2.85. The summed E-state index contributed by atoms with van der Waals surface area (Å²) in [6.45, 7) is 6.53. The molecule has 1 aromatic carbocycles. The summed E-state index contributed by atoms with van der Waals surface area (Å²) in [5.74, 6) is 0.742. The number of carbonyl (C=O) groups excluding carboxylic acids is 1. The molecule has 1 amide bonds. The van der Waals surface area contributed by atoms with Crippen molar-refractivity contribution in [3.8, 4) is 0 Å². The van der Waals surface area contributed by atoms with E-state index in [4.69, 9.17) is 0 Å². The molecule has 2 nitrogen and oxygen atoms in total. The van der Waals surface area contributed by atoms with Gasteiger partial charge in [0.15, 0.2) is 0 Å². The Morgan fingerprint density at radius 2 is 2.25 bits per heavy atom. The van der Waals surface area contributed by atoms with Crippen LogP contribution >= 0.6 is 0 Å². The summed E-state index contributed by atoms with van der Waals surface area (Å²) in [7, 11) is 0. The first-order valence-electron chi connectivity index (χ1n) is 5.71. The molecule has 0 aliphatic heterocycles. The Morgan fingerprint density at radius 3 is 2.88 bits per heavy atom. The lowest BCUT2D eigenvalue weighted by Gasteiger charge is -2.06. The lowest BCUT2D eigenvalue weighted by Crippen LogP contribution is -2.25. The Bertz CT molecular complexity index is 419. The van der Waals surface area contributed by atoms with Crippen LogP contribution in [0.2, 0.25) is 0 Å². The van der Waals surface area contributed by atoms with Crippen molar-refractivity contribution in [2.24, 2.45) is 5.92 Å². The normalized spacial score (nSPS) is 14.6. The van der Waals surface area contributed by atoms with Crippen molar-refractivity contribution in [3.05, 3.63) is 41.5 Å². The van der Waals surface area contributed by atoms with Gasteiger partial charge in [-0.3, -0.25) is 4.79 Å². The van der Waals surface area contributed by atoms with Gasteiger partial charge in [-0.05, 0) is 48.9 Å². The summed E-state index contributed by atoms with van der Waals surface area (Å²) in [6, 6.07) is 5.81. The Balaban J connectivity index is 2.08. The Kier molecular flexibility index (Phi) is 3.09. The standard InChI is InChI=1S/C14H17NO/c1-3-11-6-10(2)7-13(8-11)14(16)15-9-12-4-5-12/h3,6-8,12H,1,4-5,9H2,2H3,(H,15,16). The van der Waals surface area contributed by atoms with Crippen LogP contribution in [0.5, 0.6) is 0 Å². The van der Waals surface area contributed by atoms with Gasteiger partial charge in [-0.2, -0.15) is 0 Å². The second-order valence-electron chi connectivity index (χ2n) is 4.49. The lowest BCUT2D eigenvalue weighted by atomic mass is 10.1. The van der Waals surface area contributed by atoms with Crippen LogP contribution in [0, 0.1) is 12.8 Å². The molecule has 1 fully saturated rings. The molecular weight excluding hydrogens is 198 g/mol. The fourth-order valence-electron chi connectivity index (χ4n) is 1.72. The van der Waals surface area contributed by atoms with Gasteiger partial charge in [0.25, 0.3) is 5.91 Å². The molecule has 2 heteroatoms. The maximum absolute atomic E-state index is 11.9. The molecule has 1 aliphatic rings. The van der Waals surface area contributed by atoms with Crippen molar-refractivity contribution in [2.75, 3.05) is 6.54 Å². The number of rotatable bonds is 4. The molecule has 84 valence electrons. The first-order chi connectivity index (χ1) is 7.69. The van der Waals surface area contributed by atoms with Crippen LogP contribution in [-0.4, -0.2) is 12.5 Å². The van der Waals surface area contributed by atoms with Crippen LogP contribution < -0.4 is 5.32 Å². The Hall–Kier alpha value is -1.57. The molecule has 0 atom stereocenters. The van der Waals surface area contributed by atoms with Crippen molar-refractivity contribution in [1.82, 2.24) is 5.32 Å². The molecule has 16 heavy (non-hydrogen) atoms. The van der Waals surface area contributed by atoms with E-state index in [0.717, 1.165) is 23.2 Å². The molecule has 1 aromatic rings. The largest absolute Gasteiger partial charge is 0.352 e. The molecule has 2 rings (SSSR count). The van der Waals surface area contributed by atoms with E-state index in [1.165, 1.54) is 12.8 Å². The fraction of sp³-hybridized carbons (Fsp3) is 0.357. The molecule has 0 heterocycles. The monoisotopic (exact) mass is 215 g/mol. The minimum atomic E-state index is 0.0266. The van der Waals surface area contributed by atoms with Gasteiger partial charge >= 0.3 is 0 Å². The van der Waals surface area contributed by atoms with Crippen molar-refractivity contribution >= 4 is 12.0 Å². The van der Waals surface area contributed by atoms with E-state index < -0.39 is 0 Å². The fourth-order valence-corrected chi connectivity index (χ4v) is 1.72. The summed E-state index contributed by atoms with van der Waals surface area (Å²) < 4.78 is 0. The smallest absolute Gasteiger partial charge is 0.251 e. The van der Waals surface area contributed by atoms with E-state index >= 15 is 0 Å². The van der Waals surface area contributed by atoms with Crippen LogP contribution in [0.4, 0.5) is 0 Å². The topological polar surface area (TPSA) is 29.1 Å². The van der Waals surface area contributed by atoms with Gasteiger partial charge in [0.1, 0.15) is 0 Å². The van der Waals surface area contributed by atoms with E-state index in [-0.39, 0.29) is 5.91 Å². The van der Waals surface area contributed by atoms with E-state index in [1.54, 1.807) is 6.08 Å². The van der Waals surface area contributed by atoms with Crippen LogP contribution in [-0.2, 0) is 0 Å². The van der Waals surface area contributed by atoms with E-state index in [9.17, 15) is 4.79 Å². The van der Waals surface area contributed by atoms with Crippen molar-refractivity contribution in [3.63, 3.8) is 0 Å². The average molecular weight is 215 g/mol. The number of nitrogens with one attached hydrogen (secondary N) is 1. The lowest BCUT2D eigenvalue weighted by molar-refractivity contribution is 0.0951. The number of hydrogen-bond acceptors (Lipinski definition) is 1. The van der Waals surface area contributed by atoms with Crippen molar-refractivity contribution in [2.45, 2.75) is 19.8 Å². The summed E-state index contributed by atoms with van der Waals surface area (Å²) in [6.07, 6.45) is 4.28. The first kappa shape index (κ1) is 10.9. The molecule has 0 radical (unpaired) electrons. The maximum Gasteiger partial charge on any atom is 0.251 e. The number of aryl methyl sites for hydroxylation is 1. The van der Waals surface area contributed by atoms with Crippen molar-refractivity contribution in [1.29, 1.82) is 0 Å². The molecule has 1 aliphatic carbocycles. The van der Waals surface area contributed by atoms with Gasteiger partial charge in [0.05, 0.1) is 0 Å². The molecule has 0 saturated heterocycles. The zero-order valence-corrected chi connectivity index (χ0v) is 9.62. The van der Waals surface area contributed by atoms with E-state index in [2.05, 4.69) is 11.9 Å². The predicted octanol–water partition coefficient (Wildman–Crippen LogP) is 2.78. The summed E-state index contributed by atoms with van der Waals surface area (Å²) in [5, 5.41) is 2.97. The highest BCUT2D eigenvalue weighted by Gasteiger charge is 2.21. The molecule has 0 aromatic heterocycles. The van der Waals surface area contributed by atoms with Gasteiger partial charge in [-0.1, -0.05) is 18.7 Å².